The van der Waals surface area contributed by atoms with Gasteiger partial charge in [-0.1, -0.05) is 33.1 Å². The van der Waals surface area contributed by atoms with E-state index < -0.39 is 0 Å². The first kappa shape index (κ1) is 15.0. The maximum absolute atomic E-state index is 6.27. The Morgan fingerprint density at radius 3 is 2.35 bits per heavy atom. The molecule has 1 saturated carbocycles. The molecule has 0 saturated heterocycles. The van der Waals surface area contributed by atoms with Gasteiger partial charge in [-0.15, -0.1) is 0 Å². The Morgan fingerprint density at radius 1 is 1.24 bits per heavy atom. The van der Waals surface area contributed by atoms with Crippen LogP contribution in [0, 0.1) is 5.92 Å². The maximum Gasteiger partial charge on any atom is 0.0807 e. The zero-order chi connectivity index (χ0) is 12.7. The van der Waals surface area contributed by atoms with E-state index in [9.17, 15) is 0 Å². The van der Waals surface area contributed by atoms with Crippen LogP contribution >= 0.6 is 0 Å². The first-order valence-electron chi connectivity index (χ1n) is 7.53. The van der Waals surface area contributed by atoms with Gasteiger partial charge in [0.1, 0.15) is 0 Å². The topological polar surface area (TPSA) is 35.2 Å². The second-order valence-electron chi connectivity index (χ2n) is 5.84. The Hall–Kier alpha value is -0.0800. The minimum atomic E-state index is -0.00116. The minimum Gasteiger partial charge on any atom is -0.371 e. The highest BCUT2D eigenvalue weighted by Crippen LogP contribution is 2.37. The van der Waals surface area contributed by atoms with Crippen LogP contribution in [0.4, 0.5) is 0 Å². The zero-order valence-corrected chi connectivity index (χ0v) is 12.0. The van der Waals surface area contributed by atoms with Crippen LogP contribution in [0.2, 0.25) is 0 Å². The molecule has 17 heavy (non-hydrogen) atoms. The Balaban J connectivity index is 2.43. The normalized spacial score (nSPS) is 31.4. The summed E-state index contributed by atoms with van der Waals surface area (Å²) in [5.41, 5.74) is 5.98. The van der Waals surface area contributed by atoms with Gasteiger partial charge in [0.25, 0.3) is 0 Å². The summed E-state index contributed by atoms with van der Waals surface area (Å²) in [6.45, 7) is 7.39. The van der Waals surface area contributed by atoms with Crippen molar-refractivity contribution in [3.05, 3.63) is 0 Å². The van der Waals surface area contributed by atoms with Crippen LogP contribution in [-0.4, -0.2) is 18.2 Å². The highest BCUT2D eigenvalue weighted by atomic mass is 16.5. The molecule has 1 unspecified atom stereocenters. The molecule has 0 amide bonds. The largest absolute Gasteiger partial charge is 0.371 e. The van der Waals surface area contributed by atoms with Crippen LogP contribution in [-0.2, 0) is 4.74 Å². The Labute approximate surface area is 107 Å². The van der Waals surface area contributed by atoms with Crippen LogP contribution in [0.25, 0.3) is 0 Å². The number of hydrogen-bond acceptors (Lipinski definition) is 2. The summed E-state index contributed by atoms with van der Waals surface area (Å²) in [7, 11) is 0. The fourth-order valence-electron chi connectivity index (χ4n) is 3.16. The van der Waals surface area contributed by atoms with Gasteiger partial charge in [-0.25, -0.2) is 0 Å². The molecule has 0 heterocycles. The van der Waals surface area contributed by atoms with E-state index in [2.05, 4.69) is 20.8 Å². The van der Waals surface area contributed by atoms with E-state index in [0.717, 1.165) is 12.3 Å². The summed E-state index contributed by atoms with van der Waals surface area (Å²) in [5, 5.41) is 0. The molecule has 1 aliphatic rings. The molecule has 0 spiro atoms. The van der Waals surface area contributed by atoms with Gasteiger partial charge in [0.2, 0.25) is 0 Å². The summed E-state index contributed by atoms with van der Waals surface area (Å²) < 4.78 is 6.27. The standard InChI is InChI=1S/C15H31NO/c1-4-6-13(3)17-15(12-16)10-8-14(7-5-2)9-11-15/h13-14H,4-12,16H2,1-3H3. The molecular weight excluding hydrogens is 210 g/mol. The smallest absolute Gasteiger partial charge is 0.0807 e. The molecule has 1 rings (SSSR count). The van der Waals surface area contributed by atoms with Gasteiger partial charge >= 0.3 is 0 Å². The molecule has 0 aromatic carbocycles. The molecule has 0 aromatic rings. The van der Waals surface area contributed by atoms with Crippen LogP contribution < -0.4 is 5.73 Å². The Kier molecular flexibility index (Phi) is 6.50. The summed E-state index contributed by atoms with van der Waals surface area (Å²) in [6, 6.07) is 0. The predicted molar refractivity (Wildman–Crippen MR) is 74.1 cm³/mol. The maximum atomic E-state index is 6.27. The van der Waals surface area contributed by atoms with Crippen molar-refractivity contribution in [1.29, 1.82) is 0 Å². The number of nitrogens with two attached hydrogens (primary N) is 1. The fourth-order valence-corrected chi connectivity index (χ4v) is 3.16. The van der Waals surface area contributed by atoms with E-state index in [1.54, 1.807) is 0 Å². The second kappa shape index (κ2) is 7.38. The van der Waals surface area contributed by atoms with Crippen molar-refractivity contribution in [1.82, 2.24) is 0 Å². The molecule has 1 fully saturated rings. The molecule has 1 atom stereocenters. The van der Waals surface area contributed by atoms with Crippen molar-refractivity contribution in [2.24, 2.45) is 11.7 Å². The lowest BCUT2D eigenvalue weighted by Gasteiger charge is -2.41. The molecule has 0 radical (unpaired) electrons. The van der Waals surface area contributed by atoms with Crippen molar-refractivity contribution in [2.75, 3.05) is 6.54 Å². The number of ether oxygens (including phenoxy) is 1. The molecule has 0 aliphatic heterocycles. The SMILES string of the molecule is CCCC1CCC(CN)(OC(C)CCC)CC1. The van der Waals surface area contributed by atoms with Crippen LogP contribution in [0.3, 0.4) is 0 Å². The molecule has 102 valence electrons. The van der Waals surface area contributed by atoms with Gasteiger partial charge < -0.3 is 10.5 Å². The number of hydrogen-bond donors (Lipinski definition) is 1. The highest BCUT2D eigenvalue weighted by Gasteiger charge is 2.35. The lowest BCUT2D eigenvalue weighted by molar-refractivity contribution is -0.110. The lowest BCUT2D eigenvalue weighted by Crippen LogP contribution is -2.46. The third-order valence-electron chi connectivity index (χ3n) is 4.23. The quantitative estimate of drug-likeness (QED) is 0.734. The second-order valence-corrected chi connectivity index (χ2v) is 5.84. The Morgan fingerprint density at radius 2 is 1.88 bits per heavy atom. The van der Waals surface area contributed by atoms with Gasteiger partial charge in [-0.3, -0.25) is 0 Å². The lowest BCUT2D eigenvalue weighted by atomic mass is 9.77. The summed E-state index contributed by atoms with van der Waals surface area (Å²) in [6.07, 6.45) is 10.4. The number of rotatable bonds is 7. The average molecular weight is 241 g/mol. The first-order valence-corrected chi connectivity index (χ1v) is 7.53. The van der Waals surface area contributed by atoms with Crippen molar-refractivity contribution >= 4 is 0 Å². The van der Waals surface area contributed by atoms with E-state index in [0.29, 0.717) is 12.6 Å². The van der Waals surface area contributed by atoms with Gasteiger partial charge in [-0.05, 0) is 44.9 Å². The van der Waals surface area contributed by atoms with E-state index >= 15 is 0 Å². The minimum absolute atomic E-state index is 0.00116. The van der Waals surface area contributed by atoms with Gasteiger partial charge in [0, 0.05) is 6.54 Å². The molecule has 2 nitrogen and oxygen atoms in total. The molecule has 2 N–H and O–H groups in total. The fraction of sp³-hybridized carbons (Fsp3) is 1.00. The summed E-state index contributed by atoms with van der Waals surface area (Å²) in [5.74, 6) is 0.921. The molecular formula is C15H31NO. The van der Waals surface area contributed by atoms with Crippen molar-refractivity contribution in [2.45, 2.75) is 83.8 Å². The van der Waals surface area contributed by atoms with E-state index in [1.165, 1.54) is 44.9 Å². The van der Waals surface area contributed by atoms with Gasteiger partial charge in [0.15, 0.2) is 0 Å². The molecule has 0 bridgehead atoms. The van der Waals surface area contributed by atoms with Crippen LogP contribution in [0.1, 0.15) is 72.1 Å². The average Bonchev–Trinajstić information content (AvgIpc) is 2.32. The van der Waals surface area contributed by atoms with Crippen molar-refractivity contribution in [3.8, 4) is 0 Å². The van der Waals surface area contributed by atoms with E-state index in [-0.39, 0.29) is 5.60 Å². The first-order chi connectivity index (χ1) is 8.15. The zero-order valence-electron chi connectivity index (χ0n) is 12.0. The van der Waals surface area contributed by atoms with E-state index in [4.69, 9.17) is 10.5 Å². The van der Waals surface area contributed by atoms with E-state index in [1.807, 2.05) is 0 Å². The predicted octanol–water partition coefficient (Wildman–Crippen LogP) is 3.88. The monoisotopic (exact) mass is 241 g/mol. The van der Waals surface area contributed by atoms with Crippen LogP contribution in [0.5, 0.6) is 0 Å². The molecule has 0 aromatic heterocycles. The van der Waals surface area contributed by atoms with Gasteiger partial charge in [-0.2, -0.15) is 0 Å². The third kappa shape index (κ3) is 4.59. The highest BCUT2D eigenvalue weighted by molar-refractivity contribution is 4.89. The van der Waals surface area contributed by atoms with Crippen LogP contribution in [0.15, 0.2) is 0 Å². The van der Waals surface area contributed by atoms with Gasteiger partial charge in [0.05, 0.1) is 11.7 Å². The third-order valence-corrected chi connectivity index (χ3v) is 4.23. The Bertz CT molecular complexity index is 197. The summed E-state index contributed by atoms with van der Waals surface area (Å²) >= 11 is 0. The molecule has 1 aliphatic carbocycles. The van der Waals surface area contributed by atoms with Crippen molar-refractivity contribution in [3.63, 3.8) is 0 Å². The summed E-state index contributed by atoms with van der Waals surface area (Å²) in [4.78, 5) is 0. The van der Waals surface area contributed by atoms with Crippen molar-refractivity contribution < 1.29 is 4.74 Å². The molecule has 2 heteroatoms.